The lowest BCUT2D eigenvalue weighted by atomic mass is 9.83. The summed E-state index contributed by atoms with van der Waals surface area (Å²) in [5.74, 6) is -0.251. The Bertz CT molecular complexity index is 556. The van der Waals surface area contributed by atoms with Gasteiger partial charge in [0.1, 0.15) is 5.82 Å². The maximum atomic E-state index is 13.4. The van der Waals surface area contributed by atoms with E-state index in [1.54, 1.807) is 6.07 Å². The molecule has 1 atom stereocenters. The molecule has 0 fully saturated rings. The number of halogens is 1. The van der Waals surface area contributed by atoms with Gasteiger partial charge in [-0.2, -0.15) is 0 Å². The first-order valence-electron chi connectivity index (χ1n) is 6.04. The smallest absolute Gasteiger partial charge is 0.123 e. The van der Waals surface area contributed by atoms with Crippen molar-refractivity contribution in [2.75, 3.05) is 0 Å². The fourth-order valence-electron chi connectivity index (χ4n) is 2.21. The summed E-state index contributed by atoms with van der Waals surface area (Å²) in [7, 11) is 0. The minimum atomic E-state index is -0.681. The van der Waals surface area contributed by atoms with E-state index in [-0.39, 0.29) is 5.82 Å². The molecule has 18 heavy (non-hydrogen) atoms. The first-order chi connectivity index (χ1) is 8.41. The van der Waals surface area contributed by atoms with Crippen molar-refractivity contribution in [2.45, 2.75) is 26.3 Å². The van der Waals surface area contributed by atoms with Gasteiger partial charge in [-0.25, -0.2) is 4.39 Å². The molecule has 0 heterocycles. The second-order valence-electron chi connectivity index (χ2n) is 5.03. The van der Waals surface area contributed by atoms with Crippen molar-refractivity contribution < 1.29 is 4.39 Å². The van der Waals surface area contributed by atoms with E-state index in [4.69, 9.17) is 5.73 Å². The molecule has 0 aliphatic heterocycles. The van der Waals surface area contributed by atoms with Gasteiger partial charge in [0.25, 0.3) is 0 Å². The summed E-state index contributed by atoms with van der Waals surface area (Å²) in [6.45, 7) is 5.90. The number of aryl methyl sites for hydroxylation is 2. The number of nitrogens with two attached hydrogens (primary N) is 1. The van der Waals surface area contributed by atoms with Crippen LogP contribution in [0.1, 0.15) is 29.2 Å². The molecule has 0 saturated heterocycles. The molecular formula is C16H18FN. The van der Waals surface area contributed by atoms with Crippen LogP contribution in [0.25, 0.3) is 0 Å². The van der Waals surface area contributed by atoms with E-state index >= 15 is 0 Å². The Hall–Kier alpha value is -1.67. The average molecular weight is 243 g/mol. The normalized spacial score (nSPS) is 14.3. The van der Waals surface area contributed by atoms with E-state index in [9.17, 15) is 4.39 Å². The summed E-state index contributed by atoms with van der Waals surface area (Å²) in [6, 6.07) is 12.8. The molecule has 1 nitrogen and oxygen atoms in total. The van der Waals surface area contributed by atoms with Crippen LogP contribution in [0.4, 0.5) is 4.39 Å². The van der Waals surface area contributed by atoms with E-state index < -0.39 is 5.54 Å². The van der Waals surface area contributed by atoms with E-state index in [1.807, 2.05) is 45.0 Å². The van der Waals surface area contributed by atoms with Crippen LogP contribution in [0, 0.1) is 19.7 Å². The number of hydrogen-bond donors (Lipinski definition) is 1. The monoisotopic (exact) mass is 243 g/mol. The maximum absolute atomic E-state index is 13.4. The van der Waals surface area contributed by atoms with Crippen LogP contribution < -0.4 is 5.73 Å². The van der Waals surface area contributed by atoms with Gasteiger partial charge in [-0.05, 0) is 49.6 Å². The Morgan fingerprint density at radius 3 is 2.22 bits per heavy atom. The molecule has 2 N–H and O–H groups in total. The lowest BCUT2D eigenvalue weighted by Gasteiger charge is -2.28. The third-order valence-corrected chi connectivity index (χ3v) is 3.41. The molecule has 2 aromatic carbocycles. The lowest BCUT2D eigenvalue weighted by Crippen LogP contribution is -2.35. The van der Waals surface area contributed by atoms with Crippen molar-refractivity contribution >= 4 is 0 Å². The molecule has 0 saturated carbocycles. The van der Waals surface area contributed by atoms with Crippen molar-refractivity contribution in [1.29, 1.82) is 0 Å². The molecule has 94 valence electrons. The van der Waals surface area contributed by atoms with Crippen LogP contribution in [0.3, 0.4) is 0 Å². The molecule has 0 aliphatic carbocycles. The Morgan fingerprint density at radius 1 is 1.00 bits per heavy atom. The first-order valence-corrected chi connectivity index (χ1v) is 6.04. The van der Waals surface area contributed by atoms with Gasteiger partial charge < -0.3 is 5.73 Å². The summed E-state index contributed by atoms with van der Waals surface area (Å²) < 4.78 is 13.4. The highest BCUT2D eigenvalue weighted by molar-refractivity contribution is 5.42. The van der Waals surface area contributed by atoms with E-state index in [2.05, 4.69) is 0 Å². The molecule has 0 aliphatic rings. The molecule has 2 heteroatoms. The van der Waals surface area contributed by atoms with Crippen LogP contribution in [0.5, 0.6) is 0 Å². The summed E-state index contributed by atoms with van der Waals surface area (Å²) >= 11 is 0. The standard InChI is InChI=1S/C16H18FN/c1-11-4-7-13(8-5-11)16(3,18)15-10-14(17)9-6-12(15)2/h4-10H,18H2,1-3H3. The topological polar surface area (TPSA) is 26.0 Å². The van der Waals surface area contributed by atoms with Gasteiger partial charge in [0.15, 0.2) is 0 Å². The molecule has 1 unspecified atom stereocenters. The second kappa shape index (κ2) is 4.54. The predicted octanol–water partition coefficient (Wildman–Crippen LogP) is 3.66. The molecule has 2 rings (SSSR count). The van der Waals surface area contributed by atoms with E-state index in [0.717, 1.165) is 16.7 Å². The Morgan fingerprint density at radius 2 is 1.61 bits per heavy atom. The molecule has 0 bridgehead atoms. The van der Waals surface area contributed by atoms with Gasteiger partial charge >= 0.3 is 0 Å². The predicted molar refractivity (Wildman–Crippen MR) is 73.0 cm³/mol. The van der Waals surface area contributed by atoms with Crippen molar-refractivity contribution in [3.63, 3.8) is 0 Å². The first kappa shape index (κ1) is 12.8. The lowest BCUT2D eigenvalue weighted by molar-refractivity contribution is 0.577. The third kappa shape index (κ3) is 2.29. The van der Waals surface area contributed by atoms with Crippen LogP contribution in [-0.4, -0.2) is 0 Å². The van der Waals surface area contributed by atoms with Crippen molar-refractivity contribution in [3.05, 3.63) is 70.5 Å². The minimum absolute atomic E-state index is 0.251. The Balaban J connectivity index is 2.53. The molecule has 0 amide bonds. The van der Waals surface area contributed by atoms with Gasteiger partial charge in [0, 0.05) is 0 Å². The summed E-state index contributed by atoms with van der Waals surface area (Å²) in [6.07, 6.45) is 0. The van der Waals surface area contributed by atoms with Crippen LogP contribution >= 0.6 is 0 Å². The number of benzene rings is 2. The summed E-state index contributed by atoms with van der Waals surface area (Å²) in [5, 5.41) is 0. The largest absolute Gasteiger partial charge is 0.318 e. The Kier molecular flexibility index (Phi) is 3.22. The van der Waals surface area contributed by atoms with Crippen molar-refractivity contribution in [2.24, 2.45) is 5.73 Å². The second-order valence-corrected chi connectivity index (χ2v) is 5.03. The molecule has 2 aromatic rings. The average Bonchev–Trinajstić information content (AvgIpc) is 2.32. The zero-order valence-corrected chi connectivity index (χ0v) is 11.0. The van der Waals surface area contributed by atoms with Gasteiger partial charge in [0.05, 0.1) is 5.54 Å². The minimum Gasteiger partial charge on any atom is -0.318 e. The van der Waals surface area contributed by atoms with E-state index in [1.165, 1.54) is 17.7 Å². The quantitative estimate of drug-likeness (QED) is 0.855. The van der Waals surface area contributed by atoms with Crippen LogP contribution in [0.2, 0.25) is 0 Å². The van der Waals surface area contributed by atoms with Crippen LogP contribution in [0.15, 0.2) is 42.5 Å². The highest BCUT2D eigenvalue weighted by atomic mass is 19.1. The highest BCUT2D eigenvalue weighted by Crippen LogP contribution is 2.29. The van der Waals surface area contributed by atoms with Crippen LogP contribution in [-0.2, 0) is 5.54 Å². The SMILES string of the molecule is Cc1ccc(C(C)(N)c2cc(F)ccc2C)cc1. The van der Waals surface area contributed by atoms with Gasteiger partial charge in [-0.3, -0.25) is 0 Å². The molecular weight excluding hydrogens is 225 g/mol. The summed E-state index contributed by atoms with van der Waals surface area (Å²) in [5.41, 5.74) is 9.73. The van der Waals surface area contributed by atoms with Crippen molar-refractivity contribution in [1.82, 2.24) is 0 Å². The van der Waals surface area contributed by atoms with E-state index in [0.29, 0.717) is 0 Å². The number of hydrogen-bond acceptors (Lipinski definition) is 1. The summed E-state index contributed by atoms with van der Waals surface area (Å²) in [4.78, 5) is 0. The van der Waals surface area contributed by atoms with Gasteiger partial charge in [0.2, 0.25) is 0 Å². The maximum Gasteiger partial charge on any atom is 0.123 e. The highest BCUT2D eigenvalue weighted by Gasteiger charge is 2.25. The zero-order chi connectivity index (χ0) is 13.3. The fourth-order valence-corrected chi connectivity index (χ4v) is 2.21. The molecule has 0 aromatic heterocycles. The Labute approximate surface area is 107 Å². The molecule has 0 spiro atoms. The fraction of sp³-hybridized carbons (Fsp3) is 0.250. The van der Waals surface area contributed by atoms with Gasteiger partial charge in [-0.1, -0.05) is 35.9 Å². The number of rotatable bonds is 2. The van der Waals surface area contributed by atoms with Crippen molar-refractivity contribution in [3.8, 4) is 0 Å². The van der Waals surface area contributed by atoms with Gasteiger partial charge in [-0.15, -0.1) is 0 Å². The molecule has 0 radical (unpaired) electrons. The third-order valence-electron chi connectivity index (χ3n) is 3.41. The zero-order valence-electron chi connectivity index (χ0n) is 11.0.